The zero-order valence-corrected chi connectivity index (χ0v) is 17.9. The third kappa shape index (κ3) is 3.13. The average molecular weight is 363 g/mol. The van der Waals surface area contributed by atoms with Crippen molar-refractivity contribution in [3.63, 3.8) is 0 Å². The molecule has 2 aromatic carbocycles. The van der Waals surface area contributed by atoms with Crippen molar-refractivity contribution in [3.05, 3.63) is 57.6 Å². The third-order valence-electron chi connectivity index (χ3n) is 6.64. The van der Waals surface area contributed by atoms with Crippen LogP contribution in [0.4, 0.5) is 11.4 Å². The quantitative estimate of drug-likeness (QED) is 0.634. The molecule has 2 fully saturated rings. The van der Waals surface area contributed by atoms with E-state index in [0.29, 0.717) is 12.1 Å². The molecule has 2 aliphatic rings. The Hall–Kier alpha value is -1.96. The fourth-order valence-corrected chi connectivity index (χ4v) is 5.92. The molecular weight excluding hydrogens is 328 g/mol. The topological polar surface area (TPSA) is 6.48 Å². The first-order valence-corrected chi connectivity index (χ1v) is 10.6. The van der Waals surface area contributed by atoms with E-state index < -0.39 is 0 Å². The van der Waals surface area contributed by atoms with Crippen LogP contribution in [-0.2, 0) is 0 Å². The van der Waals surface area contributed by atoms with E-state index in [-0.39, 0.29) is 0 Å². The van der Waals surface area contributed by atoms with E-state index in [1.807, 2.05) is 0 Å². The van der Waals surface area contributed by atoms with Gasteiger partial charge in [-0.1, -0.05) is 48.2 Å². The maximum Gasteiger partial charge on any atom is 0.0910 e. The zero-order chi connectivity index (χ0) is 19.3. The highest BCUT2D eigenvalue weighted by molar-refractivity contribution is 5.68. The highest BCUT2D eigenvalue weighted by Gasteiger charge is 2.42. The summed E-state index contributed by atoms with van der Waals surface area (Å²) in [6.45, 7) is 14.6. The second-order valence-corrected chi connectivity index (χ2v) is 8.99. The van der Waals surface area contributed by atoms with Gasteiger partial charge in [0.2, 0.25) is 0 Å². The van der Waals surface area contributed by atoms with Crippen LogP contribution in [0.5, 0.6) is 0 Å². The van der Waals surface area contributed by atoms with Crippen LogP contribution < -0.4 is 9.80 Å². The molecule has 1 heterocycles. The van der Waals surface area contributed by atoms with E-state index in [1.54, 1.807) is 0 Å². The predicted octanol–water partition coefficient (Wildman–Crippen LogP) is 6.13. The highest BCUT2D eigenvalue weighted by atomic mass is 15.4. The van der Waals surface area contributed by atoms with Gasteiger partial charge >= 0.3 is 0 Å². The molecule has 1 saturated carbocycles. The first kappa shape index (κ1) is 18.4. The highest BCUT2D eigenvalue weighted by Crippen LogP contribution is 2.42. The van der Waals surface area contributed by atoms with Crippen LogP contribution in [0.2, 0.25) is 0 Å². The van der Waals surface area contributed by atoms with E-state index in [9.17, 15) is 0 Å². The number of anilines is 2. The number of rotatable bonds is 2. The van der Waals surface area contributed by atoms with Crippen molar-refractivity contribution in [2.45, 2.75) is 79.3 Å². The van der Waals surface area contributed by atoms with Crippen LogP contribution in [0.25, 0.3) is 0 Å². The molecular formula is C25H34N2. The van der Waals surface area contributed by atoms with Crippen molar-refractivity contribution in [2.24, 2.45) is 0 Å². The molecule has 2 unspecified atom stereocenters. The van der Waals surface area contributed by atoms with Crippen molar-refractivity contribution in [3.8, 4) is 0 Å². The smallest absolute Gasteiger partial charge is 0.0910 e. The monoisotopic (exact) mass is 362 g/mol. The van der Waals surface area contributed by atoms with Gasteiger partial charge in [-0.25, -0.2) is 0 Å². The molecule has 0 aromatic heterocycles. The minimum absolute atomic E-state index is 0.638. The molecule has 2 aromatic rings. The molecule has 4 rings (SSSR count). The Kier molecular flexibility index (Phi) is 4.70. The third-order valence-corrected chi connectivity index (χ3v) is 6.64. The van der Waals surface area contributed by atoms with Gasteiger partial charge in [0.15, 0.2) is 0 Å². The van der Waals surface area contributed by atoms with Gasteiger partial charge in [0.05, 0.1) is 18.8 Å². The lowest BCUT2D eigenvalue weighted by Gasteiger charge is -2.35. The summed E-state index contributed by atoms with van der Waals surface area (Å²) >= 11 is 0. The molecule has 0 N–H and O–H groups in total. The summed E-state index contributed by atoms with van der Waals surface area (Å²) in [6, 6.07) is 10.7. The van der Waals surface area contributed by atoms with Crippen LogP contribution >= 0.6 is 0 Å². The molecule has 0 amide bonds. The van der Waals surface area contributed by atoms with Gasteiger partial charge in [-0.2, -0.15) is 0 Å². The van der Waals surface area contributed by atoms with E-state index in [4.69, 9.17) is 0 Å². The molecule has 1 aliphatic heterocycles. The van der Waals surface area contributed by atoms with E-state index >= 15 is 0 Å². The molecule has 0 bridgehead atoms. The number of hydrogen-bond donors (Lipinski definition) is 0. The first-order valence-electron chi connectivity index (χ1n) is 10.6. The maximum atomic E-state index is 2.73. The van der Waals surface area contributed by atoms with Gasteiger partial charge in [-0.15, -0.1) is 0 Å². The Bertz CT molecular complexity index is 749. The Morgan fingerprint density at radius 2 is 0.926 bits per heavy atom. The van der Waals surface area contributed by atoms with Gasteiger partial charge in [0.1, 0.15) is 0 Å². The van der Waals surface area contributed by atoms with Gasteiger partial charge in [0, 0.05) is 11.4 Å². The van der Waals surface area contributed by atoms with Crippen molar-refractivity contribution in [1.82, 2.24) is 0 Å². The summed E-state index contributed by atoms with van der Waals surface area (Å²) in [6.07, 6.45) is 5.36. The molecule has 144 valence electrons. The summed E-state index contributed by atoms with van der Waals surface area (Å²) in [5.41, 5.74) is 11.4. The normalized spacial score (nSPS) is 22.3. The van der Waals surface area contributed by atoms with Crippen LogP contribution in [0.3, 0.4) is 0 Å². The van der Waals surface area contributed by atoms with E-state index in [2.05, 4.69) is 75.6 Å². The SMILES string of the molecule is Cc1cc(C)c(N2CN(c3c(C)cc(C)cc3C)C3CCCCC32)c(C)c1. The maximum absolute atomic E-state index is 2.73. The summed E-state index contributed by atoms with van der Waals surface area (Å²) in [5, 5.41) is 0. The van der Waals surface area contributed by atoms with Gasteiger partial charge < -0.3 is 9.80 Å². The fraction of sp³-hybridized carbons (Fsp3) is 0.520. The van der Waals surface area contributed by atoms with E-state index in [1.165, 1.54) is 70.4 Å². The first-order chi connectivity index (χ1) is 12.9. The summed E-state index contributed by atoms with van der Waals surface area (Å²) < 4.78 is 0. The number of hydrogen-bond acceptors (Lipinski definition) is 2. The Morgan fingerprint density at radius 3 is 1.26 bits per heavy atom. The Labute approximate surface area is 165 Å². The molecule has 0 radical (unpaired) electrons. The molecule has 27 heavy (non-hydrogen) atoms. The van der Waals surface area contributed by atoms with Gasteiger partial charge in [-0.3, -0.25) is 0 Å². The molecule has 2 atom stereocenters. The largest absolute Gasteiger partial charge is 0.348 e. The van der Waals surface area contributed by atoms with Crippen LogP contribution in [0.1, 0.15) is 59.1 Å². The molecule has 2 nitrogen and oxygen atoms in total. The minimum Gasteiger partial charge on any atom is -0.348 e. The van der Waals surface area contributed by atoms with Crippen molar-refractivity contribution < 1.29 is 0 Å². The van der Waals surface area contributed by atoms with Gasteiger partial charge in [0.25, 0.3) is 0 Å². The number of fused-ring (bicyclic) bond motifs is 1. The standard InChI is InChI=1S/C25H34N2/c1-16-11-18(3)24(19(4)12-16)26-15-27(23-10-8-7-9-22(23)26)25-20(5)13-17(2)14-21(25)6/h11-14,22-23H,7-10,15H2,1-6H3. The van der Waals surface area contributed by atoms with Crippen molar-refractivity contribution in [2.75, 3.05) is 16.5 Å². The minimum atomic E-state index is 0.638. The zero-order valence-electron chi connectivity index (χ0n) is 17.9. The Morgan fingerprint density at radius 1 is 0.593 bits per heavy atom. The lowest BCUT2D eigenvalue weighted by atomic mass is 9.88. The molecule has 0 spiro atoms. The summed E-state index contributed by atoms with van der Waals surface area (Å²) in [5.74, 6) is 0. The van der Waals surface area contributed by atoms with Crippen molar-refractivity contribution >= 4 is 11.4 Å². The molecule has 2 heteroatoms. The second kappa shape index (κ2) is 6.89. The predicted molar refractivity (Wildman–Crippen MR) is 117 cm³/mol. The van der Waals surface area contributed by atoms with Crippen LogP contribution in [-0.4, -0.2) is 18.8 Å². The number of nitrogens with zero attached hydrogens (tertiary/aromatic N) is 2. The van der Waals surface area contributed by atoms with Crippen LogP contribution in [0, 0.1) is 41.5 Å². The lowest BCUT2D eigenvalue weighted by Crippen LogP contribution is -2.40. The average Bonchev–Trinajstić information content (AvgIpc) is 2.93. The fourth-order valence-electron chi connectivity index (χ4n) is 5.92. The summed E-state index contributed by atoms with van der Waals surface area (Å²) in [7, 11) is 0. The van der Waals surface area contributed by atoms with E-state index in [0.717, 1.165) is 6.67 Å². The van der Waals surface area contributed by atoms with Crippen LogP contribution in [0.15, 0.2) is 24.3 Å². The number of benzene rings is 2. The molecule has 1 saturated heterocycles. The second-order valence-electron chi connectivity index (χ2n) is 8.99. The Balaban J connectivity index is 1.79. The molecule has 1 aliphatic carbocycles. The van der Waals surface area contributed by atoms with Crippen molar-refractivity contribution in [1.29, 1.82) is 0 Å². The summed E-state index contributed by atoms with van der Waals surface area (Å²) in [4.78, 5) is 5.46. The lowest BCUT2D eigenvalue weighted by molar-refractivity contribution is 0.408. The van der Waals surface area contributed by atoms with Gasteiger partial charge in [-0.05, 0) is 76.6 Å². The number of aryl methyl sites for hydroxylation is 6.